The number of hydrogen-bond donors (Lipinski definition) is 1. The van der Waals surface area contributed by atoms with E-state index in [-0.39, 0.29) is 0 Å². The highest BCUT2D eigenvalue weighted by Gasteiger charge is 2.13. The first-order chi connectivity index (χ1) is 9.93. The van der Waals surface area contributed by atoms with Crippen molar-refractivity contribution in [2.24, 2.45) is 0 Å². The fraction of sp³-hybridized carbons (Fsp3) is 0.438. The van der Waals surface area contributed by atoms with Gasteiger partial charge < -0.3 is 14.6 Å². The van der Waals surface area contributed by atoms with Gasteiger partial charge in [-0.1, -0.05) is 30.3 Å². The van der Waals surface area contributed by atoms with Crippen molar-refractivity contribution in [2.45, 2.75) is 25.5 Å². The van der Waals surface area contributed by atoms with Gasteiger partial charge in [-0.05, 0) is 31.5 Å². The minimum Gasteiger partial charge on any atom is -0.376 e. The molecule has 1 aromatic carbocycles. The van der Waals surface area contributed by atoms with Crippen LogP contribution in [0.25, 0.3) is 11.3 Å². The Kier molecular flexibility index (Phi) is 4.46. The van der Waals surface area contributed by atoms with Gasteiger partial charge in [-0.25, -0.2) is 4.98 Å². The summed E-state index contributed by atoms with van der Waals surface area (Å²) >= 11 is 0. The SMILES string of the molecule is c1ccc(-c2cncn2CCOC2CCNCC2)cc1. The second-order valence-corrected chi connectivity index (χ2v) is 5.16. The van der Waals surface area contributed by atoms with Crippen molar-refractivity contribution < 1.29 is 4.74 Å². The molecule has 3 rings (SSSR count). The molecule has 4 nitrogen and oxygen atoms in total. The van der Waals surface area contributed by atoms with Crippen molar-refractivity contribution in [3.8, 4) is 11.3 Å². The Hall–Kier alpha value is -1.65. The highest BCUT2D eigenvalue weighted by Crippen LogP contribution is 2.18. The van der Waals surface area contributed by atoms with E-state index in [4.69, 9.17) is 4.74 Å². The van der Waals surface area contributed by atoms with Crippen LogP contribution in [0.4, 0.5) is 0 Å². The summed E-state index contributed by atoms with van der Waals surface area (Å²) in [5.41, 5.74) is 2.35. The number of imidazole rings is 1. The van der Waals surface area contributed by atoms with Gasteiger partial charge >= 0.3 is 0 Å². The average Bonchev–Trinajstić information content (AvgIpc) is 2.98. The lowest BCUT2D eigenvalue weighted by molar-refractivity contribution is 0.0286. The van der Waals surface area contributed by atoms with Crippen LogP contribution >= 0.6 is 0 Å². The third-order valence-corrected chi connectivity index (χ3v) is 3.75. The van der Waals surface area contributed by atoms with Gasteiger partial charge in [-0.3, -0.25) is 0 Å². The molecule has 1 fully saturated rings. The Morgan fingerprint density at radius 1 is 1.20 bits per heavy atom. The van der Waals surface area contributed by atoms with Crippen LogP contribution in [0.1, 0.15) is 12.8 Å². The first-order valence-corrected chi connectivity index (χ1v) is 7.31. The summed E-state index contributed by atoms with van der Waals surface area (Å²) in [6, 6.07) is 10.4. The van der Waals surface area contributed by atoms with E-state index in [9.17, 15) is 0 Å². The highest BCUT2D eigenvalue weighted by molar-refractivity contribution is 5.58. The van der Waals surface area contributed by atoms with Crippen LogP contribution in [0.3, 0.4) is 0 Å². The Morgan fingerprint density at radius 2 is 2.00 bits per heavy atom. The Labute approximate surface area is 119 Å². The minimum atomic E-state index is 0.417. The molecule has 1 N–H and O–H groups in total. The number of benzene rings is 1. The summed E-state index contributed by atoms with van der Waals surface area (Å²) in [6.07, 6.45) is 6.46. The van der Waals surface area contributed by atoms with Crippen LogP contribution in [0.2, 0.25) is 0 Å². The van der Waals surface area contributed by atoms with Gasteiger partial charge in [0.15, 0.2) is 0 Å². The molecular weight excluding hydrogens is 250 g/mol. The van der Waals surface area contributed by atoms with E-state index in [0.29, 0.717) is 6.10 Å². The highest BCUT2D eigenvalue weighted by atomic mass is 16.5. The van der Waals surface area contributed by atoms with Crippen LogP contribution in [0.5, 0.6) is 0 Å². The van der Waals surface area contributed by atoms with E-state index >= 15 is 0 Å². The minimum absolute atomic E-state index is 0.417. The fourth-order valence-electron chi connectivity index (χ4n) is 2.63. The van der Waals surface area contributed by atoms with Gasteiger partial charge in [0.05, 0.1) is 30.9 Å². The Morgan fingerprint density at radius 3 is 2.80 bits per heavy atom. The number of nitrogens with zero attached hydrogens (tertiary/aromatic N) is 2. The molecular formula is C16H21N3O. The number of aromatic nitrogens is 2. The smallest absolute Gasteiger partial charge is 0.0951 e. The second kappa shape index (κ2) is 6.68. The molecule has 1 aliphatic rings. The van der Waals surface area contributed by atoms with Gasteiger partial charge in [-0.15, -0.1) is 0 Å². The predicted octanol–water partition coefficient (Wildman–Crippen LogP) is 2.32. The summed E-state index contributed by atoms with van der Waals surface area (Å²) in [4.78, 5) is 4.26. The standard InChI is InChI=1S/C16H21N3O/c1-2-4-14(5-3-1)16-12-18-13-19(16)10-11-20-15-6-8-17-9-7-15/h1-5,12-13,15,17H,6-11H2. The number of ether oxygens (including phenoxy) is 1. The molecule has 0 radical (unpaired) electrons. The summed E-state index contributed by atoms with van der Waals surface area (Å²) in [6.45, 7) is 3.75. The van der Waals surface area contributed by atoms with E-state index in [2.05, 4.69) is 39.1 Å². The molecule has 1 aliphatic heterocycles. The van der Waals surface area contributed by atoms with Gasteiger partial charge in [-0.2, -0.15) is 0 Å². The molecule has 1 saturated heterocycles. The molecule has 2 aromatic rings. The number of nitrogens with one attached hydrogen (secondary N) is 1. The van der Waals surface area contributed by atoms with E-state index in [0.717, 1.165) is 44.8 Å². The van der Waals surface area contributed by atoms with Crippen LogP contribution in [0, 0.1) is 0 Å². The fourth-order valence-corrected chi connectivity index (χ4v) is 2.63. The average molecular weight is 271 g/mol. The molecule has 0 saturated carbocycles. The van der Waals surface area contributed by atoms with Crippen LogP contribution in [0.15, 0.2) is 42.9 Å². The maximum Gasteiger partial charge on any atom is 0.0951 e. The molecule has 4 heteroatoms. The van der Waals surface area contributed by atoms with Crippen molar-refractivity contribution >= 4 is 0 Å². The molecule has 0 unspecified atom stereocenters. The van der Waals surface area contributed by atoms with Crippen LogP contribution in [-0.4, -0.2) is 35.4 Å². The number of piperidine rings is 1. The van der Waals surface area contributed by atoms with E-state index in [1.54, 1.807) is 0 Å². The van der Waals surface area contributed by atoms with E-state index in [1.165, 1.54) is 5.56 Å². The van der Waals surface area contributed by atoms with Crippen molar-refractivity contribution in [2.75, 3.05) is 19.7 Å². The normalized spacial score (nSPS) is 16.4. The monoisotopic (exact) mass is 271 g/mol. The second-order valence-electron chi connectivity index (χ2n) is 5.16. The topological polar surface area (TPSA) is 39.1 Å². The lowest BCUT2D eigenvalue weighted by atomic mass is 10.1. The molecule has 2 heterocycles. The zero-order chi connectivity index (χ0) is 13.6. The molecule has 0 amide bonds. The first kappa shape index (κ1) is 13.3. The van der Waals surface area contributed by atoms with Gasteiger partial charge in [0.2, 0.25) is 0 Å². The first-order valence-electron chi connectivity index (χ1n) is 7.31. The van der Waals surface area contributed by atoms with Crippen molar-refractivity contribution in [1.29, 1.82) is 0 Å². The lowest BCUT2D eigenvalue weighted by Crippen LogP contribution is -2.33. The molecule has 1 aromatic heterocycles. The molecule has 0 spiro atoms. The quantitative estimate of drug-likeness (QED) is 0.907. The van der Waals surface area contributed by atoms with Crippen LogP contribution in [-0.2, 0) is 11.3 Å². The van der Waals surface area contributed by atoms with E-state index in [1.807, 2.05) is 18.6 Å². The zero-order valence-electron chi connectivity index (χ0n) is 11.7. The zero-order valence-corrected chi connectivity index (χ0v) is 11.7. The maximum atomic E-state index is 5.96. The summed E-state index contributed by atoms with van der Waals surface area (Å²) < 4.78 is 8.12. The number of hydrogen-bond acceptors (Lipinski definition) is 3. The predicted molar refractivity (Wildman–Crippen MR) is 79.5 cm³/mol. The largest absolute Gasteiger partial charge is 0.376 e. The third-order valence-electron chi connectivity index (χ3n) is 3.75. The van der Waals surface area contributed by atoms with Crippen molar-refractivity contribution in [3.63, 3.8) is 0 Å². The molecule has 0 bridgehead atoms. The summed E-state index contributed by atoms with van der Waals surface area (Å²) in [7, 11) is 0. The molecule has 0 aliphatic carbocycles. The van der Waals surface area contributed by atoms with Crippen molar-refractivity contribution in [1.82, 2.24) is 14.9 Å². The van der Waals surface area contributed by atoms with E-state index < -0.39 is 0 Å². The van der Waals surface area contributed by atoms with Crippen molar-refractivity contribution in [3.05, 3.63) is 42.9 Å². The van der Waals surface area contributed by atoms with Gasteiger partial charge in [0.1, 0.15) is 0 Å². The summed E-state index contributed by atoms with van der Waals surface area (Å²) in [5, 5.41) is 3.35. The maximum absolute atomic E-state index is 5.96. The molecule has 20 heavy (non-hydrogen) atoms. The Balaban J connectivity index is 1.57. The number of rotatable bonds is 5. The molecule has 0 atom stereocenters. The van der Waals surface area contributed by atoms with Gasteiger partial charge in [0, 0.05) is 6.54 Å². The Bertz CT molecular complexity index is 518. The summed E-state index contributed by atoms with van der Waals surface area (Å²) in [5.74, 6) is 0. The third kappa shape index (κ3) is 3.26. The molecule has 106 valence electrons. The lowest BCUT2D eigenvalue weighted by Gasteiger charge is -2.23. The van der Waals surface area contributed by atoms with Crippen LogP contribution < -0.4 is 5.32 Å². The van der Waals surface area contributed by atoms with Gasteiger partial charge in [0.25, 0.3) is 0 Å².